The number of ether oxygens (including phenoxy) is 1. The molecule has 0 unspecified atom stereocenters. The summed E-state index contributed by atoms with van der Waals surface area (Å²) in [4.78, 5) is 11.3. The molecular weight excluding hydrogens is 264 g/mol. The van der Waals surface area contributed by atoms with E-state index in [1.54, 1.807) is 7.11 Å². The number of methoxy groups -OCH3 is 1. The van der Waals surface area contributed by atoms with Gasteiger partial charge in [0.25, 0.3) is 0 Å². The molecule has 0 saturated heterocycles. The van der Waals surface area contributed by atoms with Gasteiger partial charge in [-0.1, -0.05) is 12.1 Å². The van der Waals surface area contributed by atoms with Gasteiger partial charge in [-0.15, -0.1) is 0 Å². The monoisotopic (exact) mass is 284 g/mol. The van der Waals surface area contributed by atoms with Gasteiger partial charge in [-0.25, -0.2) is 4.98 Å². The fourth-order valence-electron chi connectivity index (χ4n) is 2.40. The molecule has 0 radical (unpaired) electrons. The minimum absolute atomic E-state index is 0.512. The highest BCUT2D eigenvalue weighted by Crippen LogP contribution is 2.32. The second kappa shape index (κ2) is 5.60. The first-order chi connectivity index (χ1) is 10.2. The van der Waals surface area contributed by atoms with Gasteiger partial charge in [0.05, 0.1) is 7.11 Å². The van der Waals surface area contributed by atoms with Crippen LogP contribution < -0.4 is 15.4 Å². The summed E-state index contributed by atoms with van der Waals surface area (Å²) in [5.74, 6) is 1.34. The van der Waals surface area contributed by atoms with Crippen LogP contribution in [0.15, 0.2) is 30.3 Å². The summed E-state index contributed by atoms with van der Waals surface area (Å²) < 4.78 is 5.26. The minimum atomic E-state index is 0.512. The largest absolute Gasteiger partial charge is 0.481 e. The highest BCUT2D eigenvalue weighted by Gasteiger charge is 2.31. The summed E-state index contributed by atoms with van der Waals surface area (Å²) in [7, 11) is 1.63. The van der Waals surface area contributed by atoms with Gasteiger partial charge >= 0.3 is 0 Å². The normalized spacial score (nSPS) is 14.0. The molecule has 5 heteroatoms. The minimum Gasteiger partial charge on any atom is -0.481 e. The third-order valence-electron chi connectivity index (χ3n) is 3.58. The second-order valence-electron chi connectivity index (χ2n) is 5.46. The smallest absolute Gasteiger partial charge is 0.229 e. The molecule has 0 bridgehead atoms. The number of anilines is 2. The predicted molar refractivity (Wildman–Crippen MR) is 83.4 cm³/mol. The Labute approximate surface area is 124 Å². The van der Waals surface area contributed by atoms with Gasteiger partial charge in [0.1, 0.15) is 0 Å². The van der Waals surface area contributed by atoms with E-state index in [2.05, 4.69) is 20.9 Å². The van der Waals surface area contributed by atoms with Crippen LogP contribution in [0.3, 0.4) is 0 Å². The fourth-order valence-corrected chi connectivity index (χ4v) is 2.40. The summed E-state index contributed by atoms with van der Waals surface area (Å²) in [6.07, 6.45) is 2.36. The lowest BCUT2D eigenvalue weighted by molar-refractivity contribution is 0.396. The zero-order valence-electron chi connectivity index (χ0n) is 12.4. The molecule has 2 N–H and O–H groups in total. The number of benzene rings is 1. The Bertz CT molecular complexity index is 640. The lowest BCUT2D eigenvalue weighted by atomic mass is 10.2. The average molecular weight is 284 g/mol. The summed E-state index contributed by atoms with van der Waals surface area (Å²) in [6.45, 7) is 2.72. The maximum absolute atomic E-state index is 5.86. The summed E-state index contributed by atoms with van der Waals surface area (Å²) in [6, 6.07) is 10.3. The molecule has 0 atom stereocenters. The number of hydrogen-bond donors (Lipinski definition) is 1. The van der Waals surface area contributed by atoms with Crippen LogP contribution in [0.25, 0.3) is 0 Å². The molecule has 1 fully saturated rings. The number of aryl methyl sites for hydroxylation is 1. The van der Waals surface area contributed by atoms with Crippen LogP contribution in [-0.4, -0.2) is 23.1 Å². The highest BCUT2D eigenvalue weighted by atomic mass is 16.5. The molecule has 0 spiro atoms. The zero-order chi connectivity index (χ0) is 14.8. The summed E-state index contributed by atoms with van der Waals surface area (Å²) >= 11 is 0. The number of rotatable bonds is 5. The maximum atomic E-state index is 5.86. The maximum Gasteiger partial charge on any atom is 0.229 e. The van der Waals surface area contributed by atoms with Gasteiger partial charge in [0.15, 0.2) is 0 Å². The van der Waals surface area contributed by atoms with Gasteiger partial charge < -0.3 is 15.4 Å². The summed E-state index contributed by atoms with van der Waals surface area (Å²) in [5, 5.41) is 0. The molecule has 5 nitrogen and oxygen atoms in total. The Balaban J connectivity index is 1.89. The second-order valence-corrected chi connectivity index (χ2v) is 5.46. The number of hydrogen-bond acceptors (Lipinski definition) is 5. The van der Waals surface area contributed by atoms with Crippen molar-refractivity contribution in [2.45, 2.75) is 32.4 Å². The SMILES string of the molecule is COc1cc(C)nc(N(Cc2cccc(N)c2)C2CC2)n1. The van der Waals surface area contributed by atoms with Crippen molar-refractivity contribution in [1.82, 2.24) is 9.97 Å². The highest BCUT2D eigenvalue weighted by molar-refractivity contribution is 5.44. The van der Waals surface area contributed by atoms with E-state index in [0.29, 0.717) is 11.9 Å². The number of aromatic nitrogens is 2. The predicted octanol–water partition coefficient (Wildman–Crippen LogP) is 2.54. The zero-order valence-corrected chi connectivity index (χ0v) is 12.4. The number of nitrogens with zero attached hydrogens (tertiary/aromatic N) is 3. The van der Waals surface area contributed by atoms with Gasteiger partial charge in [0, 0.05) is 30.0 Å². The van der Waals surface area contributed by atoms with Crippen LogP contribution in [-0.2, 0) is 6.54 Å². The molecule has 21 heavy (non-hydrogen) atoms. The first-order valence-corrected chi connectivity index (χ1v) is 7.16. The molecule has 0 aliphatic heterocycles. The van der Waals surface area contributed by atoms with Crippen LogP contribution in [0.2, 0.25) is 0 Å². The van der Waals surface area contributed by atoms with Crippen molar-refractivity contribution in [3.8, 4) is 5.88 Å². The molecule has 1 heterocycles. The van der Waals surface area contributed by atoms with Gasteiger partial charge in [-0.2, -0.15) is 4.98 Å². The van der Waals surface area contributed by atoms with Crippen LogP contribution in [0.1, 0.15) is 24.1 Å². The summed E-state index contributed by atoms with van der Waals surface area (Å²) in [5.41, 5.74) is 8.73. The van der Waals surface area contributed by atoms with E-state index in [1.807, 2.05) is 31.2 Å². The Hall–Kier alpha value is -2.30. The average Bonchev–Trinajstić information content (AvgIpc) is 3.28. The van der Waals surface area contributed by atoms with Crippen LogP contribution in [0.5, 0.6) is 5.88 Å². The standard InChI is InChI=1S/C16H20N4O/c1-11-8-15(21-2)19-16(18-11)20(14-6-7-14)10-12-4-3-5-13(17)9-12/h3-5,8-9,14H,6-7,10,17H2,1-2H3. The van der Waals surface area contributed by atoms with Gasteiger partial charge in [0.2, 0.25) is 11.8 Å². The van der Waals surface area contributed by atoms with E-state index in [4.69, 9.17) is 10.5 Å². The molecule has 1 aliphatic rings. The molecule has 1 aromatic heterocycles. The van der Waals surface area contributed by atoms with Crippen molar-refractivity contribution in [3.63, 3.8) is 0 Å². The molecule has 1 saturated carbocycles. The van der Waals surface area contributed by atoms with Crippen LogP contribution in [0, 0.1) is 6.92 Å². The van der Waals surface area contributed by atoms with E-state index < -0.39 is 0 Å². The van der Waals surface area contributed by atoms with Crippen LogP contribution in [0.4, 0.5) is 11.6 Å². The van der Waals surface area contributed by atoms with Crippen molar-refractivity contribution in [3.05, 3.63) is 41.6 Å². The fraction of sp³-hybridized carbons (Fsp3) is 0.375. The van der Waals surface area contributed by atoms with Crippen molar-refractivity contribution >= 4 is 11.6 Å². The molecule has 1 aliphatic carbocycles. The van der Waals surface area contributed by atoms with E-state index in [1.165, 1.54) is 18.4 Å². The van der Waals surface area contributed by atoms with Crippen molar-refractivity contribution in [2.75, 3.05) is 17.7 Å². The Morgan fingerprint density at radius 1 is 1.29 bits per heavy atom. The van der Waals surface area contributed by atoms with Gasteiger partial charge in [-0.05, 0) is 37.5 Å². The molecule has 0 amide bonds. The lowest BCUT2D eigenvalue weighted by Crippen LogP contribution is -2.27. The quantitative estimate of drug-likeness (QED) is 0.855. The number of nitrogens with two attached hydrogens (primary N) is 1. The molecule has 2 aromatic rings. The number of nitrogen functional groups attached to an aromatic ring is 1. The van der Waals surface area contributed by atoms with Crippen LogP contribution >= 0.6 is 0 Å². The van der Waals surface area contributed by atoms with Crippen molar-refractivity contribution < 1.29 is 4.74 Å². The van der Waals surface area contributed by atoms with E-state index in [9.17, 15) is 0 Å². The van der Waals surface area contributed by atoms with E-state index >= 15 is 0 Å². The van der Waals surface area contributed by atoms with E-state index in [0.717, 1.165) is 23.9 Å². The first-order valence-electron chi connectivity index (χ1n) is 7.16. The lowest BCUT2D eigenvalue weighted by Gasteiger charge is -2.23. The third-order valence-corrected chi connectivity index (χ3v) is 3.58. The van der Waals surface area contributed by atoms with Gasteiger partial charge in [-0.3, -0.25) is 0 Å². The van der Waals surface area contributed by atoms with E-state index in [-0.39, 0.29) is 0 Å². The van der Waals surface area contributed by atoms with Crippen molar-refractivity contribution in [2.24, 2.45) is 0 Å². The molecular formula is C16H20N4O. The first kappa shape index (κ1) is 13.7. The third kappa shape index (κ3) is 3.24. The van der Waals surface area contributed by atoms with Crippen molar-refractivity contribution in [1.29, 1.82) is 0 Å². The topological polar surface area (TPSA) is 64.3 Å². The molecule has 110 valence electrons. The molecule has 1 aromatic carbocycles. The Kier molecular flexibility index (Phi) is 3.64. The Morgan fingerprint density at radius 2 is 2.10 bits per heavy atom. The Morgan fingerprint density at radius 3 is 2.76 bits per heavy atom. The molecule has 3 rings (SSSR count).